The molecule has 0 aromatic carbocycles. The van der Waals surface area contributed by atoms with E-state index < -0.39 is 5.97 Å². The van der Waals surface area contributed by atoms with Crippen LogP contribution >= 0.6 is 0 Å². The van der Waals surface area contributed by atoms with E-state index in [2.05, 4.69) is 29.0 Å². The Hall–Kier alpha value is -1.92. The van der Waals surface area contributed by atoms with Gasteiger partial charge in [-0.05, 0) is 51.7 Å². The second-order valence-electron chi connectivity index (χ2n) is 6.14. The summed E-state index contributed by atoms with van der Waals surface area (Å²) in [6, 6.07) is 4.46. The average molecular weight is 302 g/mol. The molecule has 0 unspecified atom stereocenters. The molecule has 0 saturated carbocycles. The first-order valence-electron chi connectivity index (χ1n) is 7.63. The van der Waals surface area contributed by atoms with E-state index in [1.165, 1.54) is 6.20 Å². The van der Waals surface area contributed by atoms with Gasteiger partial charge in [-0.25, -0.2) is 9.31 Å². The molecular weight excluding hydrogens is 280 g/mol. The van der Waals surface area contributed by atoms with Crippen molar-refractivity contribution in [3.63, 3.8) is 0 Å². The van der Waals surface area contributed by atoms with Gasteiger partial charge in [0.1, 0.15) is 5.56 Å². The Bertz CT molecular complexity index is 674. The van der Waals surface area contributed by atoms with Crippen molar-refractivity contribution in [1.29, 1.82) is 0 Å². The maximum absolute atomic E-state index is 11.4. The van der Waals surface area contributed by atoms with Gasteiger partial charge in [0.2, 0.25) is 0 Å². The summed E-state index contributed by atoms with van der Waals surface area (Å²) in [7, 11) is 4.28. The third kappa shape index (κ3) is 2.84. The highest BCUT2D eigenvalue weighted by Gasteiger charge is 2.22. The zero-order valence-corrected chi connectivity index (χ0v) is 13.1. The van der Waals surface area contributed by atoms with E-state index in [9.17, 15) is 9.90 Å². The molecule has 1 fully saturated rings. The number of hydrogen-bond donors (Lipinski definition) is 1. The first-order valence-corrected chi connectivity index (χ1v) is 7.63. The number of pyridine rings is 1. The van der Waals surface area contributed by atoms with E-state index in [4.69, 9.17) is 0 Å². The molecule has 1 saturated heterocycles. The van der Waals surface area contributed by atoms with Crippen LogP contribution in [-0.2, 0) is 6.54 Å². The summed E-state index contributed by atoms with van der Waals surface area (Å²) in [5.74, 6) is -0.926. The van der Waals surface area contributed by atoms with Crippen LogP contribution in [0.15, 0.2) is 24.5 Å². The van der Waals surface area contributed by atoms with Crippen LogP contribution < -0.4 is 0 Å². The summed E-state index contributed by atoms with van der Waals surface area (Å²) in [5.41, 5.74) is 1.99. The number of aromatic carboxylic acids is 1. The van der Waals surface area contributed by atoms with E-state index in [1.54, 1.807) is 10.7 Å². The third-order valence-electron chi connectivity index (χ3n) is 4.59. The molecule has 0 amide bonds. The van der Waals surface area contributed by atoms with Gasteiger partial charge in [-0.2, -0.15) is 5.10 Å². The van der Waals surface area contributed by atoms with Crippen LogP contribution in [0.3, 0.4) is 0 Å². The van der Waals surface area contributed by atoms with E-state index in [1.807, 2.05) is 12.1 Å². The molecule has 0 atom stereocenters. The van der Waals surface area contributed by atoms with Crippen LogP contribution in [0.1, 0.15) is 28.8 Å². The minimum atomic E-state index is -0.926. The van der Waals surface area contributed by atoms with Gasteiger partial charge in [-0.15, -0.1) is 0 Å². The van der Waals surface area contributed by atoms with Crippen molar-refractivity contribution in [3.8, 4) is 0 Å². The Morgan fingerprint density at radius 2 is 2.18 bits per heavy atom. The zero-order valence-electron chi connectivity index (χ0n) is 13.1. The van der Waals surface area contributed by atoms with Crippen LogP contribution in [0.25, 0.3) is 5.52 Å². The molecule has 2 aromatic rings. The molecule has 0 spiro atoms. The molecule has 2 aromatic heterocycles. The number of carboxylic acids is 1. The van der Waals surface area contributed by atoms with Gasteiger partial charge < -0.3 is 10.0 Å². The first kappa shape index (κ1) is 15.0. The van der Waals surface area contributed by atoms with Crippen LogP contribution in [-0.4, -0.2) is 63.7 Å². The Morgan fingerprint density at radius 3 is 2.86 bits per heavy atom. The van der Waals surface area contributed by atoms with Crippen molar-refractivity contribution in [2.75, 3.05) is 27.2 Å². The summed E-state index contributed by atoms with van der Waals surface area (Å²) in [4.78, 5) is 16.1. The molecule has 6 heteroatoms. The fourth-order valence-electron chi connectivity index (χ4n) is 3.23. The lowest BCUT2D eigenvalue weighted by Crippen LogP contribution is -2.41. The maximum Gasteiger partial charge on any atom is 0.339 e. The highest BCUT2D eigenvalue weighted by Crippen LogP contribution is 2.21. The molecule has 3 rings (SSSR count). The Morgan fingerprint density at radius 1 is 1.45 bits per heavy atom. The molecular formula is C16H22N4O2. The lowest BCUT2D eigenvalue weighted by Gasteiger charge is -2.35. The summed E-state index contributed by atoms with van der Waals surface area (Å²) in [6.07, 6.45) is 5.53. The maximum atomic E-state index is 11.4. The highest BCUT2D eigenvalue weighted by molar-refractivity contribution is 5.96. The molecule has 1 N–H and O–H groups in total. The molecule has 0 radical (unpaired) electrons. The number of hydrogen-bond acceptors (Lipinski definition) is 4. The van der Waals surface area contributed by atoms with Gasteiger partial charge in [0.05, 0.1) is 11.7 Å². The Labute approximate surface area is 129 Å². The number of likely N-dealkylation sites (tertiary alicyclic amines) is 1. The van der Waals surface area contributed by atoms with Crippen LogP contribution in [0.4, 0.5) is 0 Å². The molecule has 1 aliphatic heterocycles. The lowest BCUT2D eigenvalue weighted by molar-refractivity contribution is 0.0699. The molecule has 3 heterocycles. The molecule has 0 bridgehead atoms. The van der Waals surface area contributed by atoms with Gasteiger partial charge in [0, 0.05) is 18.8 Å². The first-order chi connectivity index (χ1) is 10.6. The smallest absolute Gasteiger partial charge is 0.339 e. The van der Waals surface area contributed by atoms with Crippen molar-refractivity contribution in [2.45, 2.75) is 25.4 Å². The number of aromatic nitrogens is 2. The molecule has 1 aliphatic rings. The van der Waals surface area contributed by atoms with E-state index in [-0.39, 0.29) is 5.56 Å². The largest absolute Gasteiger partial charge is 0.478 e. The monoisotopic (exact) mass is 302 g/mol. The van der Waals surface area contributed by atoms with Crippen LogP contribution in [0, 0.1) is 0 Å². The second kappa shape index (κ2) is 6.06. The number of carboxylic acid groups (broad SMARTS) is 1. The quantitative estimate of drug-likeness (QED) is 0.928. The van der Waals surface area contributed by atoms with E-state index >= 15 is 0 Å². The lowest BCUT2D eigenvalue weighted by atomic mass is 10.0. The van der Waals surface area contributed by atoms with E-state index in [0.29, 0.717) is 11.6 Å². The number of piperidine rings is 1. The minimum absolute atomic E-state index is 0.271. The fourth-order valence-corrected chi connectivity index (χ4v) is 3.23. The normalized spacial score (nSPS) is 17.4. The summed E-state index contributed by atoms with van der Waals surface area (Å²) >= 11 is 0. The standard InChI is InChI=1S/C16H22N4O2/c1-18-8-5-13(6-9-18)19(2)11-12-4-3-7-20-15(12)14(10-17-20)16(21)22/h3-4,7,10,13H,5-6,8-9,11H2,1-2H3,(H,21,22). The number of nitrogens with zero attached hydrogens (tertiary/aromatic N) is 4. The van der Waals surface area contributed by atoms with Crippen molar-refractivity contribution in [2.24, 2.45) is 0 Å². The molecule has 0 aliphatic carbocycles. The summed E-state index contributed by atoms with van der Waals surface area (Å²) in [6.45, 7) is 2.98. The predicted octanol–water partition coefficient (Wildman–Crippen LogP) is 1.56. The topological polar surface area (TPSA) is 61.1 Å². The van der Waals surface area contributed by atoms with E-state index in [0.717, 1.165) is 38.0 Å². The third-order valence-corrected chi connectivity index (χ3v) is 4.59. The van der Waals surface area contributed by atoms with Gasteiger partial charge in [-0.1, -0.05) is 6.07 Å². The van der Waals surface area contributed by atoms with Crippen molar-refractivity contribution >= 4 is 11.5 Å². The SMILES string of the molecule is CN1CCC(N(C)Cc2cccn3ncc(C(=O)O)c23)CC1. The number of carbonyl (C=O) groups is 1. The Kier molecular flexibility index (Phi) is 4.13. The highest BCUT2D eigenvalue weighted by atomic mass is 16.4. The van der Waals surface area contributed by atoms with Gasteiger partial charge in [0.25, 0.3) is 0 Å². The second-order valence-corrected chi connectivity index (χ2v) is 6.14. The molecule has 118 valence electrons. The average Bonchev–Trinajstić information content (AvgIpc) is 2.93. The Balaban J connectivity index is 1.84. The summed E-state index contributed by atoms with van der Waals surface area (Å²) < 4.78 is 1.65. The number of rotatable bonds is 4. The van der Waals surface area contributed by atoms with Gasteiger partial charge in [0.15, 0.2) is 0 Å². The number of fused-ring (bicyclic) bond motifs is 1. The van der Waals surface area contributed by atoms with Crippen molar-refractivity contribution in [3.05, 3.63) is 35.7 Å². The van der Waals surface area contributed by atoms with Crippen molar-refractivity contribution < 1.29 is 9.90 Å². The fraction of sp³-hybridized carbons (Fsp3) is 0.500. The minimum Gasteiger partial charge on any atom is -0.478 e. The van der Waals surface area contributed by atoms with Gasteiger partial charge >= 0.3 is 5.97 Å². The van der Waals surface area contributed by atoms with Crippen LogP contribution in [0.2, 0.25) is 0 Å². The molecule has 6 nitrogen and oxygen atoms in total. The zero-order chi connectivity index (χ0) is 15.7. The predicted molar refractivity (Wildman–Crippen MR) is 84.1 cm³/mol. The summed E-state index contributed by atoms with van der Waals surface area (Å²) in [5, 5.41) is 13.5. The van der Waals surface area contributed by atoms with Crippen molar-refractivity contribution in [1.82, 2.24) is 19.4 Å². The molecule has 22 heavy (non-hydrogen) atoms. The van der Waals surface area contributed by atoms with Crippen LogP contribution in [0.5, 0.6) is 0 Å². The van der Waals surface area contributed by atoms with Gasteiger partial charge in [-0.3, -0.25) is 4.90 Å².